The SMILES string of the molecule is COc1cc(/C=C(\C)CC[C@H]2OC[C@H]3C2=C(C(C)C)C[C@H]2C(=O)N(c4ccc(Nc5ccccc5)cc4)C(=O)[C@H]23)cc(I)c1O. The Morgan fingerprint density at radius 1 is 1.07 bits per heavy atom. The molecule has 7 nitrogen and oxygen atoms in total. The lowest BCUT2D eigenvalue weighted by Gasteiger charge is -2.33. The van der Waals surface area contributed by atoms with E-state index in [0.717, 1.165) is 33.4 Å². The molecule has 234 valence electrons. The van der Waals surface area contributed by atoms with E-state index in [0.29, 0.717) is 24.5 Å². The Morgan fingerprint density at radius 3 is 2.47 bits per heavy atom. The number of hydrogen-bond acceptors (Lipinski definition) is 6. The second kappa shape index (κ2) is 13.0. The molecule has 8 heteroatoms. The predicted octanol–water partition coefficient (Wildman–Crippen LogP) is 8.11. The number of nitrogens with zero attached hydrogens (tertiary/aromatic N) is 1. The molecule has 3 aromatic carbocycles. The highest BCUT2D eigenvalue weighted by Crippen LogP contribution is 2.52. The van der Waals surface area contributed by atoms with Crippen molar-refractivity contribution in [2.75, 3.05) is 23.9 Å². The minimum Gasteiger partial charge on any atom is -0.504 e. The lowest BCUT2D eigenvalue weighted by molar-refractivity contribution is -0.122. The van der Waals surface area contributed by atoms with Crippen molar-refractivity contribution in [3.05, 3.63) is 92.6 Å². The van der Waals surface area contributed by atoms with E-state index in [1.165, 1.54) is 21.6 Å². The van der Waals surface area contributed by atoms with Gasteiger partial charge in [0.1, 0.15) is 0 Å². The normalized spacial score (nSPS) is 23.1. The highest BCUT2D eigenvalue weighted by molar-refractivity contribution is 14.1. The maximum Gasteiger partial charge on any atom is 0.238 e. The van der Waals surface area contributed by atoms with Gasteiger partial charge in [-0.2, -0.15) is 0 Å². The predicted molar refractivity (Wildman–Crippen MR) is 186 cm³/mol. The van der Waals surface area contributed by atoms with Gasteiger partial charge in [-0.3, -0.25) is 14.5 Å². The van der Waals surface area contributed by atoms with E-state index in [1.807, 2.05) is 66.7 Å². The van der Waals surface area contributed by atoms with Crippen LogP contribution in [0.3, 0.4) is 0 Å². The molecule has 3 aromatic rings. The number of carbonyl (C=O) groups is 2. The third-order valence-corrected chi connectivity index (χ3v) is 10.1. The third kappa shape index (κ3) is 6.14. The quantitative estimate of drug-likeness (QED) is 0.132. The molecule has 0 radical (unpaired) electrons. The van der Waals surface area contributed by atoms with Crippen molar-refractivity contribution in [1.29, 1.82) is 0 Å². The summed E-state index contributed by atoms with van der Waals surface area (Å²) in [6.07, 6.45) is 4.26. The van der Waals surface area contributed by atoms with Crippen molar-refractivity contribution in [2.24, 2.45) is 23.7 Å². The van der Waals surface area contributed by atoms with E-state index < -0.39 is 5.92 Å². The van der Waals surface area contributed by atoms with Gasteiger partial charge in [0.2, 0.25) is 11.8 Å². The lowest BCUT2D eigenvalue weighted by Crippen LogP contribution is -2.35. The topological polar surface area (TPSA) is 88.1 Å². The molecule has 2 fully saturated rings. The fraction of sp³-hybridized carbons (Fsp3) is 0.351. The number of hydrogen-bond donors (Lipinski definition) is 2. The summed E-state index contributed by atoms with van der Waals surface area (Å²) in [4.78, 5) is 29.2. The standard InChI is InChI=1S/C37H39IN2O5/c1-21(2)27-19-28-34(37(43)40(36(28)42)26-13-11-25(12-14-26)39-24-8-6-5-7-9-24)29-20-45-31(33(27)29)15-10-22(3)16-23-17-30(38)35(41)32(18-23)44-4/h5-9,11-14,16-18,21,28-29,31,34,39,41H,10,15,19-20H2,1-4H3/b22-16+/t28-,29+,31-,34-/m1/s1. The highest BCUT2D eigenvalue weighted by Gasteiger charge is 2.57. The summed E-state index contributed by atoms with van der Waals surface area (Å²) in [6, 6.07) is 21.2. The molecule has 2 N–H and O–H groups in total. The Labute approximate surface area is 278 Å². The van der Waals surface area contributed by atoms with Crippen molar-refractivity contribution in [3.63, 3.8) is 0 Å². The summed E-state index contributed by atoms with van der Waals surface area (Å²) >= 11 is 2.11. The van der Waals surface area contributed by atoms with Crippen LogP contribution in [-0.4, -0.2) is 36.7 Å². The largest absolute Gasteiger partial charge is 0.504 e. The van der Waals surface area contributed by atoms with Crippen LogP contribution in [0.4, 0.5) is 17.1 Å². The van der Waals surface area contributed by atoms with Gasteiger partial charge in [0.15, 0.2) is 11.5 Å². The van der Waals surface area contributed by atoms with Crippen LogP contribution >= 0.6 is 22.6 Å². The van der Waals surface area contributed by atoms with Crippen LogP contribution in [0.25, 0.3) is 6.08 Å². The monoisotopic (exact) mass is 718 g/mol. The second-order valence-electron chi connectivity index (χ2n) is 12.5. The van der Waals surface area contributed by atoms with Crippen LogP contribution in [-0.2, 0) is 14.3 Å². The van der Waals surface area contributed by atoms with Gasteiger partial charge in [0, 0.05) is 17.3 Å². The number of ether oxygens (including phenoxy) is 2. The first kappa shape index (κ1) is 31.4. The summed E-state index contributed by atoms with van der Waals surface area (Å²) in [7, 11) is 1.55. The molecule has 2 amide bonds. The molecule has 2 aliphatic heterocycles. The first-order valence-electron chi connectivity index (χ1n) is 15.5. The van der Waals surface area contributed by atoms with E-state index in [1.54, 1.807) is 7.11 Å². The minimum absolute atomic E-state index is 0.0773. The van der Waals surface area contributed by atoms with Gasteiger partial charge in [-0.25, -0.2) is 0 Å². The number of methoxy groups -OCH3 is 1. The highest BCUT2D eigenvalue weighted by atomic mass is 127. The van der Waals surface area contributed by atoms with Crippen molar-refractivity contribution in [2.45, 2.75) is 46.1 Å². The van der Waals surface area contributed by atoms with Crippen LogP contribution in [0.5, 0.6) is 11.5 Å². The maximum absolute atomic E-state index is 14.0. The van der Waals surface area contributed by atoms with Gasteiger partial charge < -0.3 is 19.9 Å². The minimum atomic E-state index is -0.398. The molecule has 3 aliphatic rings. The molecular weight excluding hydrogens is 679 g/mol. The molecule has 45 heavy (non-hydrogen) atoms. The smallest absolute Gasteiger partial charge is 0.238 e. The van der Waals surface area contributed by atoms with E-state index in [9.17, 15) is 14.7 Å². The number of allylic oxidation sites excluding steroid dienone is 2. The van der Waals surface area contributed by atoms with Gasteiger partial charge in [0.05, 0.1) is 40.9 Å². The number of amides is 2. The first-order chi connectivity index (χ1) is 21.7. The maximum atomic E-state index is 14.0. The van der Waals surface area contributed by atoms with Crippen LogP contribution in [0.1, 0.15) is 45.6 Å². The van der Waals surface area contributed by atoms with Gasteiger partial charge >= 0.3 is 0 Å². The first-order valence-corrected chi connectivity index (χ1v) is 16.6. The molecular formula is C37H39IN2O5. The van der Waals surface area contributed by atoms with Crippen LogP contribution in [0, 0.1) is 27.2 Å². The van der Waals surface area contributed by atoms with Crippen molar-refractivity contribution in [1.82, 2.24) is 0 Å². The Hall–Kier alpha value is -3.63. The number of nitrogens with one attached hydrogen (secondary N) is 1. The van der Waals surface area contributed by atoms with Gasteiger partial charge in [0.25, 0.3) is 0 Å². The van der Waals surface area contributed by atoms with Crippen molar-refractivity contribution < 1.29 is 24.2 Å². The number of rotatable bonds is 9. The Morgan fingerprint density at radius 2 is 1.78 bits per heavy atom. The number of phenols is 1. The molecule has 4 atom stereocenters. The van der Waals surface area contributed by atoms with Crippen LogP contribution < -0.4 is 15.0 Å². The molecule has 0 aromatic heterocycles. The fourth-order valence-electron chi connectivity index (χ4n) is 7.14. The zero-order valence-electron chi connectivity index (χ0n) is 26.0. The number of aromatic hydroxyl groups is 1. The number of fused-ring (bicyclic) bond motifs is 3. The summed E-state index contributed by atoms with van der Waals surface area (Å²) in [5, 5.41) is 13.6. The zero-order chi connectivity index (χ0) is 31.8. The third-order valence-electron chi connectivity index (χ3n) is 9.31. The lowest BCUT2D eigenvalue weighted by atomic mass is 9.67. The average molecular weight is 719 g/mol. The Kier molecular flexibility index (Phi) is 9.06. The van der Waals surface area contributed by atoms with Gasteiger partial charge in [-0.1, -0.05) is 49.3 Å². The summed E-state index contributed by atoms with van der Waals surface area (Å²) in [6.45, 7) is 6.92. The van der Waals surface area contributed by atoms with Crippen LogP contribution in [0.2, 0.25) is 0 Å². The zero-order valence-corrected chi connectivity index (χ0v) is 28.2. The second-order valence-corrected chi connectivity index (χ2v) is 13.7. The molecule has 2 saturated heterocycles. The molecule has 1 aliphatic carbocycles. The van der Waals surface area contributed by atoms with E-state index in [4.69, 9.17) is 9.47 Å². The fourth-order valence-corrected chi connectivity index (χ4v) is 7.77. The summed E-state index contributed by atoms with van der Waals surface area (Å²) in [5.41, 5.74) is 7.15. The number of para-hydroxylation sites is 1. The van der Waals surface area contributed by atoms with E-state index >= 15 is 0 Å². The molecule has 0 spiro atoms. The molecule has 2 heterocycles. The molecule has 0 bridgehead atoms. The Bertz CT molecular complexity index is 1660. The number of phenolic OH excluding ortho intramolecular Hbond substituents is 1. The summed E-state index contributed by atoms with van der Waals surface area (Å²) in [5.74, 6) is -0.196. The van der Waals surface area contributed by atoms with Gasteiger partial charge in [-0.15, -0.1) is 0 Å². The number of halogens is 1. The summed E-state index contributed by atoms with van der Waals surface area (Å²) < 4.78 is 12.5. The average Bonchev–Trinajstić information content (AvgIpc) is 3.56. The molecule has 0 saturated carbocycles. The van der Waals surface area contributed by atoms with Gasteiger partial charge in [-0.05, 0) is 114 Å². The number of anilines is 3. The van der Waals surface area contributed by atoms with Crippen molar-refractivity contribution in [3.8, 4) is 11.5 Å². The molecule has 0 unspecified atom stereocenters. The van der Waals surface area contributed by atoms with Crippen LogP contribution in [0.15, 0.2) is 83.4 Å². The number of carbonyl (C=O) groups excluding carboxylic acids is 2. The van der Waals surface area contributed by atoms with Crippen molar-refractivity contribution >= 4 is 57.5 Å². The van der Waals surface area contributed by atoms with E-state index in [2.05, 4.69) is 54.8 Å². The Balaban J connectivity index is 1.19. The number of imide groups is 1. The molecule has 6 rings (SSSR count). The number of benzene rings is 3. The van der Waals surface area contributed by atoms with E-state index in [-0.39, 0.29) is 41.4 Å².